The molecule has 0 saturated carbocycles. The van der Waals surface area contributed by atoms with Crippen LogP contribution in [0.2, 0.25) is 0 Å². The van der Waals surface area contributed by atoms with Crippen molar-refractivity contribution in [1.82, 2.24) is 14.8 Å². The molecular weight excluding hydrogens is 306 g/mol. The second-order valence-corrected chi connectivity index (χ2v) is 6.61. The van der Waals surface area contributed by atoms with Gasteiger partial charge < -0.3 is 19.5 Å². The summed E-state index contributed by atoms with van der Waals surface area (Å²) in [6.45, 7) is 1.34. The fraction of sp³-hybridized carbons (Fsp3) is 0.444. The van der Waals surface area contributed by atoms with Crippen LogP contribution in [-0.4, -0.2) is 53.1 Å². The average molecular weight is 327 g/mol. The molecule has 3 heterocycles. The maximum atomic E-state index is 12.7. The lowest BCUT2D eigenvalue weighted by Gasteiger charge is -2.41. The highest BCUT2D eigenvalue weighted by atomic mass is 16.5. The number of hydrogen-bond donors (Lipinski definition) is 1. The molecule has 2 saturated heterocycles. The van der Waals surface area contributed by atoms with Gasteiger partial charge in [-0.25, -0.2) is 0 Å². The number of carbonyl (C=O) groups excluding carboxylic acids is 2. The number of morpholine rings is 1. The van der Waals surface area contributed by atoms with Gasteiger partial charge in [0.25, 0.3) is 0 Å². The van der Waals surface area contributed by atoms with Crippen molar-refractivity contribution in [3.05, 3.63) is 36.0 Å². The zero-order chi connectivity index (χ0) is 16.7. The van der Waals surface area contributed by atoms with Crippen molar-refractivity contribution in [1.29, 1.82) is 0 Å². The SMILES string of the molecule is Cn1cc(CC(=O)N2CC[C@H]3OCC(=O)N[C@H]3C2)c2ccccc21. The molecule has 4 rings (SSSR count). The fourth-order valence-electron chi connectivity index (χ4n) is 3.77. The summed E-state index contributed by atoms with van der Waals surface area (Å²) in [6.07, 6.45) is 3.21. The van der Waals surface area contributed by atoms with Crippen molar-refractivity contribution >= 4 is 22.7 Å². The van der Waals surface area contributed by atoms with E-state index in [4.69, 9.17) is 4.74 Å². The van der Waals surface area contributed by atoms with Gasteiger partial charge in [0.2, 0.25) is 11.8 Å². The Kier molecular flexibility index (Phi) is 3.76. The summed E-state index contributed by atoms with van der Waals surface area (Å²) in [5.74, 6) is 0.00391. The van der Waals surface area contributed by atoms with E-state index in [0.717, 1.165) is 22.9 Å². The Labute approximate surface area is 140 Å². The van der Waals surface area contributed by atoms with Gasteiger partial charge in [-0.2, -0.15) is 0 Å². The third-order valence-electron chi connectivity index (χ3n) is 5.00. The molecule has 1 aromatic heterocycles. The van der Waals surface area contributed by atoms with Gasteiger partial charge >= 0.3 is 0 Å². The topological polar surface area (TPSA) is 63.6 Å². The number of nitrogens with zero attached hydrogens (tertiary/aromatic N) is 2. The summed E-state index contributed by atoms with van der Waals surface area (Å²) >= 11 is 0. The molecular formula is C18H21N3O3. The average Bonchev–Trinajstić information content (AvgIpc) is 2.90. The number of aromatic nitrogens is 1. The number of amides is 2. The van der Waals surface area contributed by atoms with Crippen molar-refractivity contribution in [2.45, 2.75) is 25.0 Å². The standard InChI is InChI=1S/C18H21N3O3/c1-20-9-12(13-4-2-3-5-15(13)20)8-18(23)21-7-6-16-14(10-21)19-17(22)11-24-16/h2-5,9,14,16H,6-8,10-11H2,1H3,(H,19,22)/t14-,16+/m0/s1. The predicted octanol–water partition coefficient (Wildman–Crippen LogP) is 0.837. The van der Waals surface area contributed by atoms with E-state index in [2.05, 4.69) is 22.0 Å². The lowest BCUT2D eigenvalue weighted by molar-refractivity contribution is -0.146. The molecule has 2 fully saturated rings. The van der Waals surface area contributed by atoms with Crippen molar-refractivity contribution in [2.75, 3.05) is 19.7 Å². The van der Waals surface area contributed by atoms with Gasteiger partial charge in [0.1, 0.15) is 6.61 Å². The molecule has 0 bridgehead atoms. The molecule has 0 radical (unpaired) electrons. The number of fused-ring (bicyclic) bond motifs is 2. The van der Waals surface area contributed by atoms with Crippen molar-refractivity contribution in [3.8, 4) is 0 Å². The van der Waals surface area contributed by atoms with Gasteiger partial charge in [0.15, 0.2) is 0 Å². The van der Waals surface area contributed by atoms with Crippen LogP contribution in [0, 0.1) is 0 Å². The van der Waals surface area contributed by atoms with E-state index < -0.39 is 0 Å². The monoisotopic (exact) mass is 327 g/mol. The Hall–Kier alpha value is -2.34. The number of hydrogen-bond acceptors (Lipinski definition) is 3. The smallest absolute Gasteiger partial charge is 0.246 e. The summed E-state index contributed by atoms with van der Waals surface area (Å²) < 4.78 is 7.60. The molecule has 0 unspecified atom stereocenters. The maximum Gasteiger partial charge on any atom is 0.246 e. The number of ether oxygens (including phenoxy) is 1. The number of aryl methyl sites for hydroxylation is 1. The Morgan fingerprint density at radius 1 is 1.38 bits per heavy atom. The molecule has 2 aliphatic heterocycles. The number of piperidine rings is 1. The van der Waals surface area contributed by atoms with Crippen molar-refractivity contribution in [3.63, 3.8) is 0 Å². The van der Waals surface area contributed by atoms with Crippen molar-refractivity contribution in [2.24, 2.45) is 7.05 Å². The first kappa shape index (κ1) is 15.2. The fourth-order valence-corrected chi connectivity index (χ4v) is 3.77. The lowest BCUT2D eigenvalue weighted by Crippen LogP contribution is -2.61. The maximum absolute atomic E-state index is 12.7. The molecule has 2 amide bonds. The van der Waals surface area contributed by atoms with Crippen LogP contribution in [0.1, 0.15) is 12.0 Å². The van der Waals surface area contributed by atoms with Gasteiger partial charge in [-0.3, -0.25) is 9.59 Å². The second-order valence-electron chi connectivity index (χ2n) is 6.61. The number of para-hydroxylation sites is 1. The molecule has 6 nitrogen and oxygen atoms in total. The van der Waals surface area contributed by atoms with E-state index in [-0.39, 0.29) is 30.6 Å². The molecule has 1 aromatic carbocycles. The molecule has 2 aliphatic rings. The highest BCUT2D eigenvalue weighted by Gasteiger charge is 2.36. The van der Waals surface area contributed by atoms with E-state index in [9.17, 15) is 9.59 Å². The lowest BCUT2D eigenvalue weighted by atomic mass is 9.99. The van der Waals surface area contributed by atoms with E-state index in [1.54, 1.807) is 0 Å². The van der Waals surface area contributed by atoms with Crippen LogP contribution in [0.25, 0.3) is 10.9 Å². The van der Waals surface area contributed by atoms with Crippen LogP contribution in [-0.2, 0) is 27.8 Å². The summed E-state index contributed by atoms with van der Waals surface area (Å²) in [7, 11) is 2.00. The molecule has 6 heteroatoms. The molecule has 1 N–H and O–H groups in total. The number of carbonyl (C=O) groups is 2. The first-order valence-corrected chi connectivity index (χ1v) is 8.33. The van der Waals surface area contributed by atoms with Crippen LogP contribution < -0.4 is 5.32 Å². The highest BCUT2D eigenvalue weighted by Crippen LogP contribution is 2.23. The summed E-state index contributed by atoms with van der Waals surface area (Å²) in [5.41, 5.74) is 2.18. The van der Waals surface area contributed by atoms with E-state index in [1.807, 2.05) is 30.3 Å². The third-order valence-corrected chi connectivity index (χ3v) is 5.00. The number of likely N-dealkylation sites (tertiary alicyclic amines) is 1. The van der Waals surface area contributed by atoms with Crippen LogP contribution in [0.3, 0.4) is 0 Å². The van der Waals surface area contributed by atoms with Crippen LogP contribution in [0.5, 0.6) is 0 Å². The number of nitrogens with one attached hydrogen (secondary N) is 1. The second kappa shape index (κ2) is 5.94. The Morgan fingerprint density at radius 2 is 2.21 bits per heavy atom. The Morgan fingerprint density at radius 3 is 3.08 bits per heavy atom. The van der Waals surface area contributed by atoms with Gasteiger partial charge in [0, 0.05) is 37.2 Å². The Balaban J connectivity index is 1.49. The summed E-state index contributed by atoms with van der Waals surface area (Å²) in [4.78, 5) is 26.1. The van der Waals surface area contributed by atoms with Crippen molar-refractivity contribution < 1.29 is 14.3 Å². The molecule has 24 heavy (non-hydrogen) atoms. The van der Waals surface area contributed by atoms with Gasteiger partial charge in [0.05, 0.1) is 18.6 Å². The van der Waals surface area contributed by atoms with E-state index in [1.165, 1.54) is 0 Å². The minimum Gasteiger partial charge on any atom is -0.366 e. The van der Waals surface area contributed by atoms with Gasteiger partial charge in [-0.15, -0.1) is 0 Å². The van der Waals surface area contributed by atoms with Crippen LogP contribution in [0.4, 0.5) is 0 Å². The quantitative estimate of drug-likeness (QED) is 0.889. The van der Waals surface area contributed by atoms with Gasteiger partial charge in [-0.05, 0) is 18.1 Å². The molecule has 0 spiro atoms. The predicted molar refractivity (Wildman–Crippen MR) is 89.5 cm³/mol. The summed E-state index contributed by atoms with van der Waals surface area (Å²) in [5, 5.41) is 4.06. The first-order valence-electron chi connectivity index (χ1n) is 8.33. The molecule has 126 valence electrons. The largest absolute Gasteiger partial charge is 0.366 e. The first-order chi connectivity index (χ1) is 11.6. The normalized spacial score (nSPS) is 23.9. The summed E-state index contributed by atoms with van der Waals surface area (Å²) in [6, 6.07) is 8.03. The van der Waals surface area contributed by atoms with Crippen LogP contribution >= 0.6 is 0 Å². The van der Waals surface area contributed by atoms with Gasteiger partial charge in [-0.1, -0.05) is 18.2 Å². The molecule has 2 atom stereocenters. The molecule has 2 aromatic rings. The Bertz CT molecular complexity index is 798. The zero-order valence-corrected chi connectivity index (χ0v) is 13.7. The van der Waals surface area contributed by atoms with E-state index >= 15 is 0 Å². The van der Waals surface area contributed by atoms with E-state index in [0.29, 0.717) is 19.5 Å². The number of rotatable bonds is 2. The van der Waals surface area contributed by atoms with Crippen LogP contribution in [0.15, 0.2) is 30.5 Å². The molecule has 0 aliphatic carbocycles. The highest BCUT2D eigenvalue weighted by molar-refractivity contribution is 5.89. The minimum absolute atomic E-state index is 0.0318. The number of benzene rings is 1. The third kappa shape index (κ3) is 2.67. The minimum atomic E-state index is -0.0976. The zero-order valence-electron chi connectivity index (χ0n) is 13.7.